The molecule has 2 aromatic rings. The van der Waals surface area contributed by atoms with E-state index in [1.807, 2.05) is 16.8 Å². The van der Waals surface area contributed by atoms with Crippen LogP contribution in [0.4, 0.5) is 0 Å². The highest BCUT2D eigenvalue weighted by molar-refractivity contribution is 5.31. The van der Waals surface area contributed by atoms with Gasteiger partial charge in [0.25, 0.3) is 0 Å². The zero-order valence-corrected chi connectivity index (χ0v) is 8.28. The van der Waals surface area contributed by atoms with E-state index in [0.717, 1.165) is 6.54 Å². The average Bonchev–Trinajstić information content (AvgIpc) is 2.53. The summed E-state index contributed by atoms with van der Waals surface area (Å²) in [7, 11) is 0. The molecule has 3 nitrogen and oxygen atoms in total. The van der Waals surface area contributed by atoms with Crippen LogP contribution in [0.1, 0.15) is 18.3 Å². The van der Waals surface area contributed by atoms with Gasteiger partial charge in [0, 0.05) is 13.0 Å². The van der Waals surface area contributed by atoms with Gasteiger partial charge in [0.15, 0.2) is 0 Å². The van der Waals surface area contributed by atoms with Crippen LogP contribution in [0.15, 0.2) is 18.3 Å². The lowest BCUT2D eigenvalue weighted by atomic mass is 10.3. The summed E-state index contributed by atoms with van der Waals surface area (Å²) in [5.41, 5.74) is 3.63. The molecule has 3 heteroatoms. The highest BCUT2D eigenvalue weighted by Crippen LogP contribution is 2.03. The van der Waals surface area contributed by atoms with E-state index in [2.05, 4.69) is 36.5 Å². The second-order valence-corrected chi connectivity index (χ2v) is 3.27. The molecule has 0 unspecified atom stereocenters. The van der Waals surface area contributed by atoms with Crippen LogP contribution in [0.5, 0.6) is 0 Å². The Kier molecular flexibility index (Phi) is 1.79. The van der Waals surface area contributed by atoms with Crippen LogP contribution in [0.2, 0.25) is 0 Å². The zero-order valence-electron chi connectivity index (χ0n) is 8.28. The largest absolute Gasteiger partial charge is 0.308 e. The molecule has 0 amide bonds. The molecule has 0 aliphatic heterocycles. The lowest BCUT2D eigenvalue weighted by Gasteiger charge is -2.02. The second-order valence-electron chi connectivity index (χ2n) is 3.27. The summed E-state index contributed by atoms with van der Waals surface area (Å²) in [4.78, 5) is 0. The average molecular weight is 176 g/mol. The Balaban J connectivity index is 2.88. The highest BCUT2D eigenvalue weighted by atomic mass is 15.3. The van der Waals surface area contributed by atoms with E-state index in [-0.39, 0.29) is 0 Å². The van der Waals surface area contributed by atoms with Gasteiger partial charge in [-0.3, -0.25) is 0 Å². The molecule has 0 radical (unpaired) electrons. The van der Waals surface area contributed by atoms with E-state index in [1.165, 1.54) is 17.0 Å². The number of fused-ring (bicyclic) bond motifs is 1. The topological polar surface area (TPSA) is 21.2 Å². The van der Waals surface area contributed by atoms with E-state index in [4.69, 9.17) is 0 Å². The van der Waals surface area contributed by atoms with Crippen LogP contribution in [-0.4, -0.2) is 9.61 Å². The summed E-state index contributed by atoms with van der Waals surface area (Å²) in [5.74, 6) is 0. The third kappa shape index (κ3) is 1.11. The van der Waals surface area contributed by atoms with E-state index < -0.39 is 0 Å². The quantitative estimate of drug-likeness (QED) is 0.599. The van der Waals surface area contributed by atoms with Crippen LogP contribution < -0.4 is 4.57 Å². The van der Waals surface area contributed by atoms with Crippen molar-refractivity contribution in [2.45, 2.75) is 27.3 Å². The fourth-order valence-electron chi connectivity index (χ4n) is 1.81. The Labute approximate surface area is 77.6 Å². The molecule has 0 saturated carbocycles. The maximum absolute atomic E-state index is 4.26. The van der Waals surface area contributed by atoms with Gasteiger partial charge in [-0.05, 0) is 13.8 Å². The molecule has 0 aliphatic carbocycles. The molecular weight excluding hydrogens is 162 g/mol. The minimum absolute atomic E-state index is 0.987. The summed E-state index contributed by atoms with van der Waals surface area (Å²) in [5, 5.41) is 4.26. The Morgan fingerprint density at radius 1 is 1.46 bits per heavy atom. The molecule has 2 rings (SSSR count). The number of aryl methyl sites for hydroxylation is 3. The molecule has 0 atom stereocenters. The fraction of sp³-hybridized carbons (Fsp3) is 0.400. The van der Waals surface area contributed by atoms with Crippen molar-refractivity contribution in [3.63, 3.8) is 0 Å². The summed E-state index contributed by atoms with van der Waals surface area (Å²) >= 11 is 0. The summed E-state index contributed by atoms with van der Waals surface area (Å²) < 4.78 is 4.22. The Hall–Kier alpha value is -1.38. The summed E-state index contributed by atoms with van der Waals surface area (Å²) in [6.07, 6.45) is 1.84. The van der Waals surface area contributed by atoms with Gasteiger partial charge in [-0.1, -0.05) is 5.10 Å². The third-order valence-corrected chi connectivity index (χ3v) is 2.39. The van der Waals surface area contributed by atoms with Gasteiger partial charge in [-0.25, -0.2) is 4.57 Å². The number of hydrogen-bond donors (Lipinski definition) is 0. The van der Waals surface area contributed by atoms with E-state index in [0.29, 0.717) is 0 Å². The lowest BCUT2D eigenvalue weighted by molar-refractivity contribution is -0.677. The molecule has 0 aromatic carbocycles. The predicted molar refractivity (Wildman–Crippen MR) is 50.5 cm³/mol. The van der Waals surface area contributed by atoms with Crippen molar-refractivity contribution in [3.8, 4) is 0 Å². The predicted octanol–water partition coefficient (Wildman–Crippen LogP) is 1.26. The highest BCUT2D eigenvalue weighted by Gasteiger charge is 2.12. The Bertz CT molecular complexity index is 443. The van der Waals surface area contributed by atoms with Crippen molar-refractivity contribution in [1.29, 1.82) is 0 Å². The lowest BCUT2D eigenvalue weighted by Crippen LogP contribution is -2.38. The molecule has 0 fully saturated rings. The van der Waals surface area contributed by atoms with Crippen LogP contribution in [0, 0.1) is 13.8 Å². The standard InChI is InChI=1S/C10H14N3/c1-4-12-8(2)7-9(3)13-10(12)5-6-11-13/h5-7H,4H2,1-3H3/q+1. The first-order valence-electron chi connectivity index (χ1n) is 4.58. The zero-order chi connectivity index (χ0) is 9.42. The third-order valence-electron chi connectivity index (χ3n) is 2.39. The molecule has 13 heavy (non-hydrogen) atoms. The first-order chi connectivity index (χ1) is 6.24. The fourth-order valence-corrected chi connectivity index (χ4v) is 1.81. The van der Waals surface area contributed by atoms with Crippen molar-refractivity contribution in [1.82, 2.24) is 9.61 Å². The van der Waals surface area contributed by atoms with Gasteiger partial charge < -0.3 is 0 Å². The van der Waals surface area contributed by atoms with E-state index in [9.17, 15) is 0 Å². The summed E-state index contributed by atoms with van der Waals surface area (Å²) in [6.45, 7) is 7.34. The Morgan fingerprint density at radius 3 is 2.92 bits per heavy atom. The maximum atomic E-state index is 4.26. The van der Waals surface area contributed by atoms with Gasteiger partial charge in [0.05, 0.1) is 18.8 Å². The van der Waals surface area contributed by atoms with E-state index in [1.54, 1.807) is 0 Å². The van der Waals surface area contributed by atoms with Gasteiger partial charge in [-0.2, -0.15) is 0 Å². The molecule has 0 bridgehead atoms. The van der Waals surface area contributed by atoms with Gasteiger partial charge >= 0.3 is 5.65 Å². The molecule has 2 aromatic heterocycles. The van der Waals surface area contributed by atoms with Crippen molar-refractivity contribution in [3.05, 3.63) is 29.7 Å². The second kappa shape index (κ2) is 2.83. The van der Waals surface area contributed by atoms with Crippen LogP contribution in [0.3, 0.4) is 0 Å². The number of rotatable bonds is 1. The Morgan fingerprint density at radius 2 is 2.23 bits per heavy atom. The SMILES string of the molecule is CC[n+]1c(C)cc(C)n2nccc21. The normalized spacial score (nSPS) is 11.0. The molecule has 0 saturated heterocycles. The monoisotopic (exact) mass is 176 g/mol. The molecular formula is C10H14N3+. The summed E-state index contributed by atoms with van der Waals surface area (Å²) in [6, 6.07) is 4.20. The molecule has 0 spiro atoms. The number of hydrogen-bond acceptors (Lipinski definition) is 1. The van der Waals surface area contributed by atoms with Crippen LogP contribution >= 0.6 is 0 Å². The molecule has 0 aliphatic rings. The maximum Gasteiger partial charge on any atom is 0.308 e. The van der Waals surface area contributed by atoms with Crippen molar-refractivity contribution >= 4 is 5.65 Å². The van der Waals surface area contributed by atoms with Crippen molar-refractivity contribution in [2.75, 3.05) is 0 Å². The first kappa shape index (κ1) is 8.23. The molecule has 2 heterocycles. The molecule has 0 N–H and O–H groups in total. The number of nitrogens with zero attached hydrogens (tertiary/aromatic N) is 3. The minimum atomic E-state index is 0.987. The van der Waals surface area contributed by atoms with E-state index >= 15 is 0 Å². The van der Waals surface area contributed by atoms with Crippen LogP contribution in [0.25, 0.3) is 5.65 Å². The smallest absolute Gasteiger partial charge is 0.230 e. The first-order valence-corrected chi connectivity index (χ1v) is 4.58. The molecule has 68 valence electrons. The van der Waals surface area contributed by atoms with Crippen molar-refractivity contribution in [2.24, 2.45) is 0 Å². The minimum Gasteiger partial charge on any atom is -0.230 e. The van der Waals surface area contributed by atoms with Crippen LogP contribution in [-0.2, 0) is 6.54 Å². The number of aromatic nitrogens is 3. The van der Waals surface area contributed by atoms with Gasteiger partial charge in [-0.15, -0.1) is 4.52 Å². The van der Waals surface area contributed by atoms with Gasteiger partial charge in [0.2, 0.25) is 0 Å². The van der Waals surface area contributed by atoms with Crippen molar-refractivity contribution < 1.29 is 4.57 Å². The van der Waals surface area contributed by atoms with Gasteiger partial charge in [0.1, 0.15) is 11.4 Å².